The van der Waals surface area contributed by atoms with Gasteiger partial charge in [0.1, 0.15) is 0 Å². The predicted molar refractivity (Wildman–Crippen MR) is 83.7 cm³/mol. The van der Waals surface area contributed by atoms with Crippen LogP contribution in [0.4, 0.5) is 0 Å². The highest BCUT2D eigenvalue weighted by atomic mass is 14.2. The number of fused-ring (bicyclic) bond motifs is 1. The third-order valence-electron chi connectivity index (χ3n) is 4.82. The van der Waals surface area contributed by atoms with E-state index >= 15 is 0 Å². The summed E-state index contributed by atoms with van der Waals surface area (Å²) in [5.74, 6) is 1.73. The molecule has 1 aliphatic carbocycles. The lowest BCUT2D eigenvalue weighted by Gasteiger charge is -2.26. The van der Waals surface area contributed by atoms with Gasteiger partial charge in [-0.1, -0.05) is 63.1 Å². The van der Waals surface area contributed by atoms with Crippen LogP contribution in [0, 0.1) is 5.92 Å². The zero-order valence-electron chi connectivity index (χ0n) is 12.2. The summed E-state index contributed by atoms with van der Waals surface area (Å²) < 4.78 is 0. The van der Waals surface area contributed by atoms with Crippen molar-refractivity contribution in [2.75, 3.05) is 0 Å². The Bertz CT molecular complexity index is 559. The van der Waals surface area contributed by atoms with Crippen LogP contribution in [0.25, 0.3) is 10.8 Å². The molecule has 0 aromatic heterocycles. The zero-order valence-corrected chi connectivity index (χ0v) is 12.2. The molecule has 2 aromatic carbocycles. The van der Waals surface area contributed by atoms with Gasteiger partial charge in [0.15, 0.2) is 0 Å². The second kappa shape index (κ2) is 5.36. The first-order valence-corrected chi connectivity index (χ1v) is 7.79. The Labute approximate surface area is 116 Å². The first kappa shape index (κ1) is 12.7. The third-order valence-corrected chi connectivity index (χ3v) is 4.82. The maximum Gasteiger partial charge on any atom is -0.0162 e. The Balaban J connectivity index is 1.89. The van der Waals surface area contributed by atoms with Crippen molar-refractivity contribution in [1.29, 1.82) is 0 Å². The molecule has 0 bridgehead atoms. The summed E-state index contributed by atoms with van der Waals surface area (Å²) >= 11 is 0. The van der Waals surface area contributed by atoms with E-state index in [9.17, 15) is 0 Å². The van der Waals surface area contributed by atoms with Gasteiger partial charge in [0.25, 0.3) is 0 Å². The molecule has 1 fully saturated rings. The highest BCUT2D eigenvalue weighted by Gasteiger charge is 2.19. The van der Waals surface area contributed by atoms with Crippen LogP contribution in [0.15, 0.2) is 36.4 Å². The van der Waals surface area contributed by atoms with Crippen molar-refractivity contribution in [1.82, 2.24) is 0 Å². The summed E-state index contributed by atoms with van der Waals surface area (Å²) in [6.07, 6.45) is 6.67. The fourth-order valence-electron chi connectivity index (χ4n) is 3.38. The van der Waals surface area contributed by atoms with Gasteiger partial charge in [-0.2, -0.15) is 0 Å². The van der Waals surface area contributed by atoms with Crippen molar-refractivity contribution in [3.05, 3.63) is 47.5 Å². The van der Waals surface area contributed by atoms with Gasteiger partial charge in [0.2, 0.25) is 0 Å². The minimum absolute atomic E-state index is 0.798. The molecule has 1 saturated carbocycles. The van der Waals surface area contributed by atoms with Crippen LogP contribution in [0.1, 0.15) is 56.6 Å². The van der Waals surface area contributed by atoms with Crippen molar-refractivity contribution < 1.29 is 0 Å². The molecular weight excluding hydrogens is 228 g/mol. The van der Waals surface area contributed by atoms with Crippen LogP contribution in [-0.2, 0) is 6.42 Å². The second-order valence-corrected chi connectivity index (χ2v) is 6.25. The van der Waals surface area contributed by atoms with Crippen LogP contribution in [0.2, 0.25) is 0 Å². The summed E-state index contributed by atoms with van der Waals surface area (Å²) in [5, 5.41) is 2.81. The molecule has 0 radical (unpaired) electrons. The molecule has 100 valence electrons. The van der Waals surface area contributed by atoms with Gasteiger partial charge >= 0.3 is 0 Å². The number of benzene rings is 2. The van der Waals surface area contributed by atoms with E-state index in [-0.39, 0.29) is 0 Å². The molecule has 0 heteroatoms. The largest absolute Gasteiger partial charge is 0.0625 e. The Hall–Kier alpha value is -1.30. The third kappa shape index (κ3) is 2.68. The van der Waals surface area contributed by atoms with Gasteiger partial charge in [0.05, 0.1) is 0 Å². The molecule has 0 spiro atoms. The topological polar surface area (TPSA) is 0 Å². The van der Waals surface area contributed by atoms with E-state index < -0.39 is 0 Å². The van der Waals surface area contributed by atoms with E-state index in [1.54, 1.807) is 5.56 Å². The van der Waals surface area contributed by atoms with E-state index in [4.69, 9.17) is 0 Å². The normalized spacial score (nSPS) is 23.7. The van der Waals surface area contributed by atoms with Crippen molar-refractivity contribution in [3.8, 4) is 0 Å². The lowest BCUT2D eigenvalue weighted by atomic mass is 9.79. The van der Waals surface area contributed by atoms with E-state index in [2.05, 4.69) is 50.2 Å². The van der Waals surface area contributed by atoms with E-state index in [0.29, 0.717) is 0 Å². The number of hydrogen-bond acceptors (Lipinski definition) is 0. The summed E-state index contributed by atoms with van der Waals surface area (Å²) in [5.41, 5.74) is 3.00. The number of hydrogen-bond donors (Lipinski definition) is 0. The fraction of sp³-hybridized carbons (Fsp3) is 0.474. The highest BCUT2D eigenvalue weighted by molar-refractivity contribution is 5.84. The molecule has 0 aliphatic heterocycles. The van der Waals surface area contributed by atoms with Crippen molar-refractivity contribution >= 4 is 10.8 Å². The molecule has 0 amide bonds. The second-order valence-electron chi connectivity index (χ2n) is 6.25. The zero-order chi connectivity index (χ0) is 13.2. The molecule has 0 atom stereocenters. The first-order valence-electron chi connectivity index (χ1n) is 7.79. The predicted octanol–water partition coefficient (Wildman–Crippen LogP) is 5.70. The molecule has 2 aromatic rings. The average molecular weight is 252 g/mol. The van der Waals surface area contributed by atoms with Crippen LogP contribution >= 0.6 is 0 Å². The lowest BCUT2D eigenvalue weighted by molar-refractivity contribution is 0.348. The van der Waals surface area contributed by atoms with Gasteiger partial charge in [-0.15, -0.1) is 0 Å². The monoisotopic (exact) mass is 252 g/mol. The smallest absolute Gasteiger partial charge is 0.0162 e. The Morgan fingerprint density at radius 1 is 0.895 bits per heavy atom. The van der Waals surface area contributed by atoms with Gasteiger partial charge < -0.3 is 0 Å². The minimum Gasteiger partial charge on any atom is -0.0625 e. The fourth-order valence-corrected chi connectivity index (χ4v) is 3.38. The number of aryl methyl sites for hydroxylation is 1. The van der Waals surface area contributed by atoms with Crippen LogP contribution in [-0.4, -0.2) is 0 Å². The van der Waals surface area contributed by atoms with E-state index in [1.165, 1.54) is 42.0 Å². The van der Waals surface area contributed by atoms with Crippen LogP contribution in [0.3, 0.4) is 0 Å². The van der Waals surface area contributed by atoms with Crippen LogP contribution in [0.5, 0.6) is 0 Å². The van der Waals surface area contributed by atoms with Gasteiger partial charge in [0, 0.05) is 0 Å². The lowest BCUT2D eigenvalue weighted by Crippen LogP contribution is -2.10. The Morgan fingerprint density at radius 2 is 1.58 bits per heavy atom. The van der Waals surface area contributed by atoms with Crippen molar-refractivity contribution in [3.63, 3.8) is 0 Å². The molecule has 1 aliphatic rings. The maximum atomic E-state index is 2.43. The van der Waals surface area contributed by atoms with Gasteiger partial charge in [-0.05, 0) is 53.0 Å². The Morgan fingerprint density at radius 3 is 2.32 bits per heavy atom. The highest BCUT2D eigenvalue weighted by Crippen LogP contribution is 2.36. The molecule has 19 heavy (non-hydrogen) atoms. The molecule has 0 N–H and O–H groups in total. The molecule has 3 rings (SSSR count). The molecule has 0 unspecified atom stereocenters. The Kier molecular flexibility index (Phi) is 3.59. The van der Waals surface area contributed by atoms with E-state index in [0.717, 1.165) is 18.3 Å². The maximum absolute atomic E-state index is 2.43. The molecular formula is C19H24. The quantitative estimate of drug-likeness (QED) is 0.643. The van der Waals surface area contributed by atoms with Crippen LogP contribution < -0.4 is 0 Å². The summed E-state index contributed by atoms with van der Waals surface area (Å²) in [6.45, 7) is 4.61. The first-order chi connectivity index (χ1) is 9.26. The van der Waals surface area contributed by atoms with Crippen molar-refractivity contribution in [2.45, 2.75) is 51.9 Å². The average Bonchev–Trinajstić information content (AvgIpc) is 2.47. The summed E-state index contributed by atoms with van der Waals surface area (Å²) in [7, 11) is 0. The van der Waals surface area contributed by atoms with Crippen molar-refractivity contribution in [2.24, 2.45) is 5.92 Å². The SMILES string of the molecule is CCc1ccc2cc(C3CCC(C)CC3)ccc2c1. The molecule has 0 saturated heterocycles. The van der Waals surface area contributed by atoms with Gasteiger partial charge in [-0.25, -0.2) is 0 Å². The molecule has 0 heterocycles. The van der Waals surface area contributed by atoms with Gasteiger partial charge in [-0.3, -0.25) is 0 Å². The number of rotatable bonds is 2. The minimum atomic E-state index is 0.798. The standard InChI is InChI=1S/C19H24/c1-3-15-6-9-19-13-18(11-10-17(19)12-15)16-7-4-14(2)5-8-16/h6,9-14,16H,3-5,7-8H2,1-2H3. The summed E-state index contributed by atoms with van der Waals surface area (Å²) in [4.78, 5) is 0. The molecule has 0 nitrogen and oxygen atoms in total. The van der Waals surface area contributed by atoms with E-state index in [1.807, 2.05) is 0 Å². The summed E-state index contributed by atoms with van der Waals surface area (Å²) in [6, 6.07) is 14.0.